The van der Waals surface area contributed by atoms with E-state index in [1.165, 1.54) is 38.2 Å². The molecule has 1 aromatic rings. The molecule has 2 rings (SSSR count). The molecule has 3 N–H and O–H groups in total. The van der Waals surface area contributed by atoms with E-state index in [9.17, 15) is 13.2 Å². The average molecular weight is 316 g/mol. The molecule has 0 unspecified atom stereocenters. The zero-order valence-electron chi connectivity index (χ0n) is 11.3. The Balaban J connectivity index is 1.80. The van der Waals surface area contributed by atoms with Crippen LogP contribution < -0.4 is 10.5 Å². The van der Waals surface area contributed by atoms with E-state index in [4.69, 9.17) is 5.14 Å². The molecule has 0 aromatic carbocycles. The standard InChI is InChI=1S/C13H20N2O3S2/c14-20(17,18)13-7-6-11(19-13)8-12(16)15-9-10-4-2-1-3-5-10/h6-7,10H,1-5,8-9H2,(H,15,16)(H2,14,17,18). The van der Waals surface area contributed by atoms with E-state index in [0.717, 1.165) is 22.8 Å². The first-order valence-electron chi connectivity index (χ1n) is 6.83. The number of hydrogen-bond acceptors (Lipinski definition) is 4. The average Bonchev–Trinajstić information content (AvgIpc) is 2.86. The highest BCUT2D eigenvalue weighted by Crippen LogP contribution is 2.23. The topological polar surface area (TPSA) is 89.3 Å². The number of sulfonamides is 1. The van der Waals surface area contributed by atoms with Crippen molar-refractivity contribution in [1.82, 2.24) is 5.32 Å². The second kappa shape index (κ2) is 6.69. The molecular weight excluding hydrogens is 296 g/mol. The van der Waals surface area contributed by atoms with Gasteiger partial charge in [0.25, 0.3) is 0 Å². The summed E-state index contributed by atoms with van der Waals surface area (Å²) in [6.45, 7) is 0.728. The summed E-state index contributed by atoms with van der Waals surface area (Å²) >= 11 is 1.06. The van der Waals surface area contributed by atoms with Crippen molar-refractivity contribution < 1.29 is 13.2 Å². The molecule has 1 amide bonds. The van der Waals surface area contributed by atoms with Crippen LogP contribution >= 0.6 is 11.3 Å². The first kappa shape index (κ1) is 15.5. The number of amides is 1. The number of nitrogens with one attached hydrogen (secondary N) is 1. The van der Waals surface area contributed by atoms with E-state index < -0.39 is 10.0 Å². The van der Waals surface area contributed by atoms with Crippen LogP contribution in [0.1, 0.15) is 37.0 Å². The number of primary sulfonamides is 1. The molecule has 20 heavy (non-hydrogen) atoms. The van der Waals surface area contributed by atoms with Crippen LogP contribution in [0, 0.1) is 5.92 Å². The Morgan fingerprint density at radius 3 is 2.60 bits per heavy atom. The minimum Gasteiger partial charge on any atom is -0.356 e. The van der Waals surface area contributed by atoms with Gasteiger partial charge in [0, 0.05) is 11.4 Å². The highest BCUT2D eigenvalue weighted by atomic mass is 32.2. The van der Waals surface area contributed by atoms with Gasteiger partial charge in [-0.3, -0.25) is 4.79 Å². The Morgan fingerprint density at radius 2 is 2.00 bits per heavy atom. The van der Waals surface area contributed by atoms with Crippen LogP contribution in [0.4, 0.5) is 0 Å². The second-order valence-corrected chi connectivity index (χ2v) is 8.21. The van der Waals surface area contributed by atoms with Crippen molar-refractivity contribution >= 4 is 27.3 Å². The fourth-order valence-corrected chi connectivity index (χ4v) is 4.25. The third kappa shape index (κ3) is 4.57. The third-order valence-electron chi connectivity index (χ3n) is 3.56. The van der Waals surface area contributed by atoms with Gasteiger partial charge < -0.3 is 5.32 Å². The maximum atomic E-state index is 11.8. The molecule has 112 valence electrons. The lowest BCUT2D eigenvalue weighted by Crippen LogP contribution is -2.31. The van der Waals surface area contributed by atoms with Gasteiger partial charge in [-0.05, 0) is 30.9 Å². The first-order chi connectivity index (χ1) is 9.45. The molecule has 1 saturated carbocycles. The molecule has 1 fully saturated rings. The molecule has 0 radical (unpaired) electrons. The molecule has 0 saturated heterocycles. The van der Waals surface area contributed by atoms with Crippen LogP contribution in [0.5, 0.6) is 0 Å². The van der Waals surface area contributed by atoms with Gasteiger partial charge >= 0.3 is 0 Å². The minimum absolute atomic E-state index is 0.0570. The number of rotatable bonds is 5. The zero-order valence-corrected chi connectivity index (χ0v) is 12.9. The lowest BCUT2D eigenvalue weighted by Gasteiger charge is -2.21. The summed E-state index contributed by atoms with van der Waals surface area (Å²) in [5, 5.41) is 7.98. The Hall–Kier alpha value is -0.920. The summed E-state index contributed by atoms with van der Waals surface area (Å²) in [5.74, 6) is 0.536. The maximum absolute atomic E-state index is 11.8. The zero-order chi connectivity index (χ0) is 14.6. The van der Waals surface area contributed by atoms with Crippen molar-refractivity contribution in [2.24, 2.45) is 11.1 Å². The van der Waals surface area contributed by atoms with Crippen molar-refractivity contribution in [2.75, 3.05) is 6.54 Å². The van der Waals surface area contributed by atoms with Gasteiger partial charge in [-0.1, -0.05) is 19.3 Å². The number of nitrogens with two attached hydrogens (primary N) is 1. The lowest BCUT2D eigenvalue weighted by molar-refractivity contribution is -0.120. The Morgan fingerprint density at radius 1 is 1.30 bits per heavy atom. The van der Waals surface area contributed by atoms with Crippen LogP contribution in [0.15, 0.2) is 16.3 Å². The van der Waals surface area contributed by atoms with Crippen LogP contribution in [0.2, 0.25) is 0 Å². The van der Waals surface area contributed by atoms with Crippen molar-refractivity contribution in [3.63, 3.8) is 0 Å². The van der Waals surface area contributed by atoms with Crippen molar-refractivity contribution in [3.05, 3.63) is 17.0 Å². The van der Waals surface area contributed by atoms with Crippen LogP contribution in [-0.2, 0) is 21.2 Å². The Kier molecular flexibility index (Phi) is 5.17. The summed E-state index contributed by atoms with van der Waals surface area (Å²) in [6, 6.07) is 3.09. The first-order valence-corrected chi connectivity index (χ1v) is 9.19. The van der Waals surface area contributed by atoms with Gasteiger partial charge in [0.2, 0.25) is 15.9 Å². The molecule has 5 nitrogen and oxygen atoms in total. The highest BCUT2D eigenvalue weighted by Gasteiger charge is 2.16. The third-order valence-corrected chi connectivity index (χ3v) is 6.09. The van der Waals surface area contributed by atoms with Gasteiger partial charge in [0.1, 0.15) is 4.21 Å². The maximum Gasteiger partial charge on any atom is 0.247 e. The monoisotopic (exact) mass is 316 g/mol. The number of hydrogen-bond donors (Lipinski definition) is 2. The predicted molar refractivity (Wildman–Crippen MR) is 79.0 cm³/mol. The van der Waals surface area contributed by atoms with Crippen LogP contribution in [0.25, 0.3) is 0 Å². The molecule has 0 bridgehead atoms. The SMILES string of the molecule is NS(=O)(=O)c1ccc(CC(=O)NCC2CCCCC2)s1. The largest absolute Gasteiger partial charge is 0.356 e. The van der Waals surface area contributed by atoms with Crippen molar-refractivity contribution in [1.29, 1.82) is 0 Å². The summed E-state index contributed by atoms with van der Waals surface area (Å²) in [6.07, 6.45) is 6.40. The minimum atomic E-state index is -3.66. The van der Waals surface area contributed by atoms with Gasteiger partial charge in [-0.15, -0.1) is 11.3 Å². The summed E-state index contributed by atoms with van der Waals surface area (Å²) in [5.41, 5.74) is 0. The molecule has 1 aliphatic rings. The van der Waals surface area contributed by atoms with Gasteiger partial charge in [0.15, 0.2) is 0 Å². The van der Waals surface area contributed by atoms with E-state index in [2.05, 4.69) is 5.32 Å². The molecule has 1 heterocycles. The number of thiophene rings is 1. The Bertz CT molecular complexity index is 560. The molecule has 1 aliphatic carbocycles. The predicted octanol–water partition coefficient (Wildman–Crippen LogP) is 1.63. The smallest absolute Gasteiger partial charge is 0.247 e. The highest BCUT2D eigenvalue weighted by molar-refractivity contribution is 7.91. The summed E-state index contributed by atoms with van der Waals surface area (Å²) < 4.78 is 22.4. The molecule has 0 aliphatic heterocycles. The van der Waals surface area contributed by atoms with E-state index >= 15 is 0 Å². The normalized spacial score (nSPS) is 17.1. The van der Waals surface area contributed by atoms with E-state index in [1.54, 1.807) is 6.07 Å². The number of carbonyl (C=O) groups is 1. The van der Waals surface area contributed by atoms with E-state index in [1.807, 2.05) is 0 Å². The summed E-state index contributed by atoms with van der Waals surface area (Å²) in [4.78, 5) is 12.5. The summed E-state index contributed by atoms with van der Waals surface area (Å²) in [7, 11) is -3.66. The molecule has 0 atom stereocenters. The fraction of sp³-hybridized carbons (Fsp3) is 0.615. The van der Waals surface area contributed by atoms with E-state index in [0.29, 0.717) is 5.92 Å². The van der Waals surface area contributed by atoms with Crippen LogP contribution in [0.3, 0.4) is 0 Å². The van der Waals surface area contributed by atoms with Gasteiger partial charge in [0.05, 0.1) is 6.42 Å². The number of carbonyl (C=O) groups excluding carboxylic acids is 1. The molecule has 1 aromatic heterocycles. The molecule has 7 heteroatoms. The van der Waals surface area contributed by atoms with Crippen molar-refractivity contribution in [2.45, 2.75) is 42.7 Å². The Labute approximate surface area is 123 Å². The van der Waals surface area contributed by atoms with Crippen molar-refractivity contribution in [3.8, 4) is 0 Å². The lowest BCUT2D eigenvalue weighted by atomic mass is 9.89. The fourth-order valence-electron chi connectivity index (χ4n) is 2.48. The molecule has 0 spiro atoms. The second-order valence-electron chi connectivity index (χ2n) is 5.25. The quantitative estimate of drug-likeness (QED) is 0.865. The van der Waals surface area contributed by atoms with Gasteiger partial charge in [-0.2, -0.15) is 0 Å². The van der Waals surface area contributed by atoms with E-state index in [-0.39, 0.29) is 16.5 Å². The van der Waals surface area contributed by atoms with Crippen LogP contribution in [-0.4, -0.2) is 20.9 Å². The van der Waals surface area contributed by atoms with Gasteiger partial charge in [-0.25, -0.2) is 13.6 Å². The molecular formula is C13H20N2O3S2.